The van der Waals surface area contributed by atoms with Gasteiger partial charge in [-0.25, -0.2) is 0 Å². The van der Waals surface area contributed by atoms with Gasteiger partial charge in [-0.2, -0.15) is 0 Å². The smallest absolute Gasteiger partial charge is 0.0208 e. The molecule has 0 bridgehead atoms. The SMILES string of the molecule is CCc1cccc(-c2cc(C)ccc2CNC)c1. The third-order valence-corrected chi connectivity index (χ3v) is 3.28. The molecule has 2 rings (SSSR count). The molecule has 0 radical (unpaired) electrons. The molecule has 1 nitrogen and oxygen atoms in total. The molecule has 0 aliphatic carbocycles. The average Bonchev–Trinajstić information content (AvgIpc) is 2.41. The molecule has 0 aromatic heterocycles. The first-order valence-electron chi connectivity index (χ1n) is 6.58. The summed E-state index contributed by atoms with van der Waals surface area (Å²) < 4.78 is 0. The molecule has 0 unspecified atom stereocenters. The van der Waals surface area contributed by atoms with E-state index < -0.39 is 0 Å². The Balaban J connectivity index is 2.50. The molecule has 1 heteroatoms. The third kappa shape index (κ3) is 2.80. The van der Waals surface area contributed by atoms with Gasteiger partial charge < -0.3 is 5.32 Å². The Morgan fingerprint density at radius 1 is 1.06 bits per heavy atom. The number of hydrogen-bond donors (Lipinski definition) is 1. The summed E-state index contributed by atoms with van der Waals surface area (Å²) in [6.45, 7) is 5.26. The molecule has 0 fully saturated rings. The van der Waals surface area contributed by atoms with E-state index in [0.29, 0.717) is 0 Å². The summed E-state index contributed by atoms with van der Waals surface area (Å²) in [5.41, 5.74) is 6.73. The molecule has 94 valence electrons. The van der Waals surface area contributed by atoms with Crippen molar-refractivity contribution in [3.8, 4) is 11.1 Å². The van der Waals surface area contributed by atoms with Crippen molar-refractivity contribution in [1.82, 2.24) is 5.32 Å². The molecule has 0 amide bonds. The van der Waals surface area contributed by atoms with Gasteiger partial charge in [0, 0.05) is 6.54 Å². The van der Waals surface area contributed by atoms with Crippen LogP contribution in [0.15, 0.2) is 42.5 Å². The molecule has 0 aliphatic heterocycles. The fourth-order valence-corrected chi connectivity index (χ4v) is 2.26. The van der Waals surface area contributed by atoms with Gasteiger partial charge in [0.2, 0.25) is 0 Å². The summed E-state index contributed by atoms with van der Waals surface area (Å²) in [4.78, 5) is 0. The van der Waals surface area contributed by atoms with Crippen molar-refractivity contribution in [2.45, 2.75) is 26.8 Å². The molecular formula is C17H21N. The Hall–Kier alpha value is -1.60. The maximum absolute atomic E-state index is 3.24. The van der Waals surface area contributed by atoms with Crippen LogP contribution in [0.3, 0.4) is 0 Å². The summed E-state index contributed by atoms with van der Waals surface area (Å²) in [5.74, 6) is 0. The third-order valence-electron chi connectivity index (χ3n) is 3.28. The van der Waals surface area contributed by atoms with Crippen LogP contribution in [0.5, 0.6) is 0 Å². The molecule has 0 saturated heterocycles. The van der Waals surface area contributed by atoms with E-state index in [1.807, 2.05) is 7.05 Å². The average molecular weight is 239 g/mol. The van der Waals surface area contributed by atoms with Crippen molar-refractivity contribution in [1.29, 1.82) is 0 Å². The highest BCUT2D eigenvalue weighted by atomic mass is 14.8. The van der Waals surface area contributed by atoms with Crippen molar-refractivity contribution in [3.05, 3.63) is 59.2 Å². The van der Waals surface area contributed by atoms with Gasteiger partial charge in [-0.15, -0.1) is 0 Å². The van der Waals surface area contributed by atoms with E-state index in [1.54, 1.807) is 0 Å². The Morgan fingerprint density at radius 2 is 1.89 bits per heavy atom. The molecule has 2 aromatic carbocycles. The Morgan fingerprint density at radius 3 is 2.61 bits per heavy atom. The summed E-state index contributed by atoms with van der Waals surface area (Å²) in [7, 11) is 1.99. The fraction of sp³-hybridized carbons (Fsp3) is 0.294. The van der Waals surface area contributed by atoms with Crippen LogP contribution in [0.1, 0.15) is 23.6 Å². The molecule has 0 saturated carbocycles. The van der Waals surface area contributed by atoms with Gasteiger partial charge in [0.25, 0.3) is 0 Å². The topological polar surface area (TPSA) is 12.0 Å². The van der Waals surface area contributed by atoms with E-state index in [2.05, 4.69) is 61.6 Å². The summed E-state index contributed by atoms with van der Waals surface area (Å²) >= 11 is 0. The number of nitrogens with one attached hydrogen (secondary N) is 1. The molecule has 1 N–H and O–H groups in total. The predicted octanol–water partition coefficient (Wildman–Crippen LogP) is 3.94. The number of aryl methyl sites for hydroxylation is 2. The van der Waals surface area contributed by atoms with Crippen molar-refractivity contribution >= 4 is 0 Å². The van der Waals surface area contributed by atoms with Crippen LogP contribution in [0.4, 0.5) is 0 Å². The van der Waals surface area contributed by atoms with Crippen LogP contribution in [0, 0.1) is 6.92 Å². The van der Waals surface area contributed by atoms with E-state index in [0.717, 1.165) is 13.0 Å². The lowest BCUT2D eigenvalue weighted by atomic mass is 9.96. The van der Waals surface area contributed by atoms with E-state index in [1.165, 1.54) is 27.8 Å². The predicted molar refractivity (Wildman–Crippen MR) is 78.8 cm³/mol. The van der Waals surface area contributed by atoms with Crippen LogP contribution >= 0.6 is 0 Å². The van der Waals surface area contributed by atoms with Gasteiger partial charge in [0.15, 0.2) is 0 Å². The van der Waals surface area contributed by atoms with Gasteiger partial charge in [0.1, 0.15) is 0 Å². The molecule has 0 heterocycles. The van der Waals surface area contributed by atoms with Gasteiger partial charge in [-0.05, 0) is 42.6 Å². The second kappa shape index (κ2) is 5.83. The zero-order valence-corrected chi connectivity index (χ0v) is 11.5. The monoisotopic (exact) mass is 239 g/mol. The Bertz CT molecular complexity index is 529. The molecule has 0 spiro atoms. The first-order valence-corrected chi connectivity index (χ1v) is 6.58. The van der Waals surface area contributed by atoms with Gasteiger partial charge in [-0.1, -0.05) is 55.0 Å². The minimum Gasteiger partial charge on any atom is -0.316 e. The first kappa shape index (κ1) is 12.8. The van der Waals surface area contributed by atoms with Crippen LogP contribution in [-0.2, 0) is 13.0 Å². The summed E-state index contributed by atoms with van der Waals surface area (Å²) in [6.07, 6.45) is 1.08. The summed E-state index contributed by atoms with van der Waals surface area (Å²) in [6, 6.07) is 15.5. The highest BCUT2D eigenvalue weighted by Gasteiger charge is 2.05. The van der Waals surface area contributed by atoms with E-state index in [-0.39, 0.29) is 0 Å². The molecule has 0 atom stereocenters. The zero-order chi connectivity index (χ0) is 13.0. The fourth-order valence-electron chi connectivity index (χ4n) is 2.26. The Labute approximate surface area is 110 Å². The van der Waals surface area contributed by atoms with Crippen molar-refractivity contribution in [2.75, 3.05) is 7.05 Å². The maximum Gasteiger partial charge on any atom is 0.0208 e. The van der Waals surface area contributed by atoms with E-state index in [4.69, 9.17) is 0 Å². The quantitative estimate of drug-likeness (QED) is 0.852. The number of rotatable bonds is 4. The van der Waals surface area contributed by atoms with E-state index in [9.17, 15) is 0 Å². The molecule has 0 aliphatic rings. The lowest BCUT2D eigenvalue weighted by Crippen LogP contribution is -2.06. The van der Waals surface area contributed by atoms with Crippen molar-refractivity contribution in [3.63, 3.8) is 0 Å². The van der Waals surface area contributed by atoms with Crippen LogP contribution in [-0.4, -0.2) is 7.05 Å². The normalized spacial score (nSPS) is 10.6. The highest BCUT2D eigenvalue weighted by molar-refractivity contribution is 5.68. The van der Waals surface area contributed by atoms with Crippen LogP contribution in [0.25, 0.3) is 11.1 Å². The minimum atomic E-state index is 0.909. The van der Waals surface area contributed by atoms with Gasteiger partial charge in [0.05, 0.1) is 0 Å². The number of hydrogen-bond acceptors (Lipinski definition) is 1. The molecular weight excluding hydrogens is 218 g/mol. The van der Waals surface area contributed by atoms with Crippen molar-refractivity contribution in [2.24, 2.45) is 0 Å². The zero-order valence-electron chi connectivity index (χ0n) is 11.5. The largest absolute Gasteiger partial charge is 0.316 e. The second-order valence-corrected chi connectivity index (χ2v) is 4.74. The Kier molecular flexibility index (Phi) is 4.16. The first-order chi connectivity index (χ1) is 8.74. The lowest BCUT2D eigenvalue weighted by molar-refractivity contribution is 0.819. The van der Waals surface area contributed by atoms with Gasteiger partial charge in [-0.3, -0.25) is 0 Å². The van der Waals surface area contributed by atoms with Crippen molar-refractivity contribution < 1.29 is 0 Å². The van der Waals surface area contributed by atoms with E-state index >= 15 is 0 Å². The molecule has 2 aromatic rings. The van der Waals surface area contributed by atoms with Crippen LogP contribution in [0.2, 0.25) is 0 Å². The highest BCUT2D eigenvalue weighted by Crippen LogP contribution is 2.26. The second-order valence-electron chi connectivity index (χ2n) is 4.74. The summed E-state index contributed by atoms with van der Waals surface area (Å²) in [5, 5.41) is 3.24. The van der Waals surface area contributed by atoms with Crippen LogP contribution < -0.4 is 5.32 Å². The maximum atomic E-state index is 3.24. The lowest BCUT2D eigenvalue weighted by Gasteiger charge is -2.11. The standard InChI is InChI=1S/C17H21N/c1-4-14-6-5-7-15(11-14)17-10-13(2)8-9-16(17)12-18-3/h5-11,18H,4,12H2,1-3H3. The number of benzene rings is 2. The minimum absolute atomic E-state index is 0.909. The molecule has 18 heavy (non-hydrogen) atoms. The van der Waals surface area contributed by atoms with Gasteiger partial charge >= 0.3 is 0 Å².